The monoisotopic (exact) mass is 339 g/mol. The van der Waals surface area contributed by atoms with Crippen LogP contribution in [-0.4, -0.2) is 30.1 Å². The molecule has 0 saturated carbocycles. The van der Waals surface area contributed by atoms with E-state index >= 15 is 0 Å². The Kier molecular flexibility index (Phi) is 5.46. The molecular weight excluding hydrogens is 318 g/mol. The van der Waals surface area contributed by atoms with Gasteiger partial charge < -0.3 is 15.2 Å². The smallest absolute Gasteiger partial charge is 0.335 e. The number of amides is 1. The molecule has 130 valence electrons. The number of rotatable bonds is 6. The largest absolute Gasteiger partial charge is 0.478 e. The molecule has 2 aromatic carbocycles. The molecule has 3 rings (SSSR count). The number of hydrogen-bond donors (Lipinski definition) is 2. The summed E-state index contributed by atoms with van der Waals surface area (Å²) in [5, 5.41) is 12.1. The first-order chi connectivity index (χ1) is 12.1. The van der Waals surface area contributed by atoms with E-state index in [1.54, 1.807) is 18.2 Å². The number of carboxylic acid groups (broad SMARTS) is 1. The van der Waals surface area contributed by atoms with Gasteiger partial charge in [0.05, 0.1) is 18.1 Å². The van der Waals surface area contributed by atoms with Gasteiger partial charge in [-0.3, -0.25) is 4.79 Å². The molecule has 0 radical (unpaired) electrons. The Hall–Kier alpha value is -2.66. The SMILES string of the molecule is O=C(Cc1ccccc1C(=O)O)NC[C@H]1CCO[C@@H]1c1ccccc1. The summed E-state index contributed by atoms with van der Waals surface area (Å²) in [4.78, 5) is 23.5. The van der Waals surface area contributed by atoms with Gasteiger partial charge in [-0.25, -0.2) is 4.79 Å². The maximum absolute atomic E-state index is 12.2. The van der Waals surface area contributed by atoms with Gasteiger partial charge in [0.25, 0.3) is 0 Å². The number of carbonyl (C=O) groups excluding carboxylic acids is 1. The average Bonchev–Trinajstić information content (AvgIpc) is 3.09. The number of aromatic carboxylic acids is 1. The first-order valence-corrected chi connectivity index (χ1v) is 8.39. The minimum atomic E-state index is -1.02. The highest BCUT2D eigenvalue weighted by Crippen LogP contribution is 2.33. The maximum atomic E-state index is 12.2. The van der Waals surface area contributed by atoms with Gasteiger partial charge in [-0.15, -0.1) is 0 Å². The van der Waals surface area contributed by atoms with E-state index in [9.17, 15) is 14.7 Å². The molecule has 1 heterocycles. The Labute approximate surface area is 146 Å². The van der Waals surface area contributed by atoms with Gasteiger partial charge >= 0.3 is 5.97 Å². The Morgan fingerprint density at radius 1 is 1.08 bits per heavy atom. The van der Waals surface area contributed by atoms with Crippen LogP contribution in [0.25, 0.3) is 0 Å². The van der Waals surface area contributed by atoms with Crippen LogP contribution in [0.15, 0.2) is 54.6 Å². The fourth-order valence-electron chi connectivity index (χ4n) is 3.22. The number of carboxylic acids is 1. The van der Waals surface area contributed by atoms with Crippen LogP contribution in [0.3, 0.4) is 0 Å². The number of carbonyl (C=O) groups is 2. The van der Waals surface area contributed by atoms with Crippen LogP contribution >= 0.6 is 0 Å². The van der Waals surface area contributed by atoms with E-state index in [4.69, 9.17) is 4.74 Å². The van der Waals surface area contributed by atoms with Gasteiger partial charge in [0.15, 0.2) is 0 Å². The molecule has 1 aliphatic rings. The summed E-state index contributed by atoms with van der Waals surface area (Å²) in [6, 6.07) is 16.6. The molecule has 0 unspecified atom stereocenters. The van der Waals surface area contributed by atoms with E-state index in [-0.39, 0.29) is 29.9 Å². The molecule has 0 spiro atoms. The summed E-state index contributed by atoms with van der Waals surface area (Å²) in [7, 11) is 0. The van der Waals surface area contributed by atoms with Gasteiger partial charge in [0.1, 0.15) is 0 Å². The quantitative estimate of drug-likeness (QED) is 0.848. The normalized spacial score (nSPS) is 19.5. The molecule has 1 amide bonds. The zero-order valence-corrected chi connectivity index (χ0v) is 13.9. The lowest BCUT2D eigenvalue weighted by molar-refractivity contribution is -0.120. The fraction of sp³-hybridized carbons (Fsp3) is 0.300. The van der Waals surface area contributed by atoms with Crippen LogP contribution in [0.2, 0.25) is 0 Å². The van der Waals surface area contributed by atoms with Crippen molar-refractivity contribution >= 4 is 11.9 Å². The summed E-state index contributed by atoms with van der Waals surface area (Å²) in [5.41, 5.74) is 1.81. The standard InChI is InChI=1S/C20H21NO4/c22-18(12-15-8-4-5-9-17(15)20(23)24)21-13-16-10-11-25-19(16)14-6-2-1-3-7-14/h1-9,16,19H,10-13H2,(H,21,22)(H,23,24)/t16-,19-/m1/s1. The molecule has 2 N–H and O–H groups in total. The van der Waals surface area contributed by atoms with Crippen molar-refractivity contribution in [3.63, 3.8) is 0 Å². The second kappa shape index (κ2) is 7.94. The minimum absolute atomic E-state index is 0.00666. The average molecular weight is 339 g/mol. The number of hydrogen-bond acceptors (Lipinski definition) is 3. The Balaban J connectivity index is 1.58. The van der Waals surface area contributed by atoms with Gasteiger partial charge in [0.2, 0.25) is 5.91 Å². The van der Waals surface area contributed by atoms with Crippen molar-refractivity contribution in [3.05, 3.63) is 71.3 Å². The van der Waals surface area contributed by atoms with Crippen molar-refractivity contribution in [2.75, 3.05) is 13.2 Å². The molecular formula is C20H21NO4. The highest BCUT2D eigenvalue weighted by molar-refractivity contribution is 5.91. The summed E-state index contributed by atoms with van der Waals surface area (Å²) >= 11 is 0. The molecule has 25 heavy (non-hydrogen) atoms. The van der Waals surface area contributed by atoms with Crippen LogP contribution in [-0.2, 0) is 16.0 Å². The predicted octanol–water partition coefficient (Wildman–Crippen LogP) is 2.82. The third kappa shape index (κ3) is 4.25. The van der Waals surface area contributed by atoms with Crippen molar-refractivity contribution in [1.82, 2.24) is 5.32 Å². The van der Waals surface area contributed by atoms with Gasteiger partial charge in [-0.1, -0.05) is 48.5 Å². The summed E-state index contributed by atoms with van der Waals surface area (Å²) in [6.07, 6.45) is 0.949. The van der Waals surface area contributed by atoms with E-state index in [0.29, 0.717) is 18.7 Å². The van der Waals surface area contributed by atoms with Gasteiger partial charge in [0, 0.05) is 19.1 Å². The first kappa shape index (κ1) is 17.2. The van der Waals surface area contributed by atoms with Crippen molar-refractivity contribution in [2.45, 2.75) is 18.9 Å². The molecule has 2 aromatic rings. The lowest BCUT2D eigenvalue weighted by Crippen LogP contribution is -2.32. The van der Waals surface area contributed by atoms with Crippen molar-refractivity contribution in [1.29, 1.82) is 0 Å². The molecule has 1 fully saturated rings. The number of nitrogens with one attached hydrogen (secondary N) is 1. The first-order valence-electron chi connectivity index (χ1n) is 8.39. The number of benzene rings is 2. The number of ether oxygens (including phenoxy) is 1. The Morgan fingerprint density at radius 2 is 1.80 bits per heavy atom. The molecule has 2 atom stereocenters. The van der Waals surface area contributed by atoms with Crippen LogP contribution in [0, 0.1) is 5.92 Å². The van der Waals surface area contributed by atoms with E-state index < -0.39 is 5.97 Å². The predicted molar refractivity (Wildman–Crippen MR) is 93.4 cm³/mol. The van der Waals surface area contributed by atoms with Crippen LogP contribution in [0.5, 0.6) is 0 Å². The topological polar surface area (TPSA) is 75.6 Å². The van der Waals surface area contributed by atoms with Gasteiger partial charge in [-0.05, 0) is 23.6 Å². The van der Waals surface area contributed by atoms with Crippen LogP contribution < -0.4 is 5.32 Å². The lowest BCUT2D eigenvalue weighted by Gasteiger charge is -2.19. The van der Waals surface area contributed by atoms with E-state index in [0.717, 1.165) is 12.0 Å². The van der Waals surface area contributed by atoms with E-state index in [1.807, 2.05) is 30.3 Å². The second-order valence-electron chi connectivity index (χ2n) is 6.19. The zero-order chi connectivity index (χ0) is 17.6. The van der Waals surface area contributed by atoms with Gasteiger partial charge in [-0.2, -0.15) is 0 Å². The van der Waals surface area contributed by atoms with Crippen LogP contribution in [0.4, 0.5) is 0 Å². The highest BCUT2D eigenvalue weighted by Gasteiger charge is 2.29. The molecule has 5 nitrogen and oxygen atoms in total. The fourth-order valence-corrected chi connectivity index (χ4v) is 3.22. The highest BCUT2D eigenvalue weighted by atomic mass is 16.5. The summed E-state index contributed by atoms with van der Waals surface area (Å²) in [6.45, 7) is 1.20. The Morgan fingerprint density at radius 3 is 2.56 bits per heavy atom. The molecule has 0 aromatic heterocycles. The third-order valence-electron chi connectivity index (χ3n) is 4.50. The molecule has 0 aliphatic carbocycles. The summed E-state index contributed by atoms with van der Waals surface area (Å²) in [5.74, 6) is -0.967. The third-order valence-corrected chi connectivity index (χ3v) is 4.50. The van der Waals surface area contributed by atoms with Crippen molar-refractivity contribution in [3.8, 4) is 0 Å². The molecule has 1 saturated heterocycles. The molecule has 1 aliphatic heterocycles. The van der Waals surface area contributed by atoms with Crippen molar-refractivity contribution < 1.29 is 19.4 Å². The second-order valence-corrected chi connectivity index (χ2v) is 6.19. The lowest BCUT2D eigenvalue weighted by atomic mass is 9.95. The Bertz CT molecular complexity index is 744. The van der Waals surface area contributed by atoms with Crippen molar-refractivity contribution in [2.24, 2.45) is 5.92 Å². The van der Waals surface area contributed by atoms with E-state index in [2.05, 4.69) is 5.32 Å². The van der Waals surface area contributed by atoms with E-state index in [1.165, 1.54) is 6.07 Å². The maximum Gasteiger partial charge on any atom is 0.335 e. The van der Waals surface area contributed by atoms with Crippen LogP contribution in [0.1, 0.15) is 34.0 Å². The molecule has 5 heteroatoms. The molecule has 0 bridgehead atoms. The minimum Gasteiger partial charge on any atom is -0.478 e. The zero-order valence-electron chi connectivity index (χ0n) is 13.9. The summed E-state index contributed by atoms with van der Waals surface area (Å²) < 4.78 is 5.82.